The first kappa shape index (κ1) is 8.99. The maximum atomic E-state index is 10.9. The molecule has 0 aliphatic carbocycles. The Kier molecular flexibility index (Phi) is 2.53. The molecule has 0 spiro atoms. The molecule has 13 heavy (non-hydrogen) atoms. The molecule has 0 unspecified atom stereocenters. The fourth-order valence-electron chi connectivity index (χ4n) is 1.46. The van der Waals surface area contributed by atoms with Gasteiger partial charge in [0.15, 0.2) is 0 Å². The molecular formula is C10H9IO2. The fraction of sp³-hybridized carbons (Fsp3) is 0.300. The molecule has 1 aliphatic heterocycles. The number of carbonyl (C=O) groups excluding carboxylic acids is 1. The lowest BCUT2D eigenvalue weighted by Crippen LogP contribution is -1.96. The van der Waals surface area contributed by atoms with Crippen LogP contribution in [-0.4, -0.2) is 12.6 Å². The summed E-state index contributed by atoms with van der Waals surface area (Å²) in [4.78, 5) is 10.9. The van der Waals surface area contributed by atoms with E-state index in [-0.39, 0.29) is 11.9 Å². The van der Waals surface area contributed by atoms with Crippen LogP contribution in [-0.2, 0) is 9.53 Å². The van der Waals surface area contributed by atoms with Crippen molar-refractivity contribution in [1.82, 2.24) is 0 Å². The van der Waals surface area contributed by atoms with Gasteiger partial charge in [0.1, 0.15) is 0 Å². The first-order chi connectivity index (χ1) is 6.25. The Morgan fingerprint density at radius 2 is 2.00 bits per heavy atom. The van der Waals surface area contributed by atoms with E-state index in [2.05, 4.69) is 46.9 Å². The van der Waals surface area contributed by atoms with Gasteiger partial charge in [-0.15, -0.1) is 0 Å². The van der Waals surface area contributed by atoms with E-state index in [9.17, 15) is 4.79 Å². The number of ether oxygens (including phenoxy) is 1. The number of cyclic esters (lactones) is 1. The minimum Gasteiger partial charge on any atom is -0.465 e. The molecule has 1 aliphatic rings. The van der Waals surface area contributed by atoms with Crippen molar-refractivity contribution in [3.05, 3.63) is 33.4 Å². The van der Waals surface area contributed by atoms with Crippen LogP contribution in [0.15, 0.2) is 24.3 Å². The third-order valence-electron chi connectivity index (χ3n) is 2.20. The molecule has 68 valence electrons. The smallest absolute Gasteiger partial charge is 0.306 e. The Bertz CT molecular complexity index is 318. The second kappa shape index (κ2) is 3.65. The number of hydrogen-bond donors (Lipinski definition) is 0. The molecule has 2 rings (SSSR count). The molecule has 1 heterocycles. The molecular weight excluding hydrogens is 279 g/mol. The molecule has 0 N–H and O–H groups in total. The van der Waals surface area contributed by atoms with E-state index in [4.69, 9.17) is 4.74 Å². The summed E-state index contributed by atoms with van der Waals surface area (Å²) in [7, 11) is 0. The van der Waals surface area contributed by atoms with Crippen LogP contribution in [0.4, 0.5) is 0 Å². The molecule has 0 bridgehead atoms. The second-order valence-electron chi connectivity index (χ2n) is 3.14. The van der Waals surface area contributed by atoms with Gasteiger partial charge in [0.05, 0.1) is 13.0 Å². The number of benzene rings is 1. The predicted octanol–water partition coefficient (Wildman–Crippen LogP) is 2.32. The van der Waals surface area contributed by atoms with Gasteiger partial charge in [-0.2, -0.15) is 0 Å². The lowest BCUT2D eigenvalue weighted by molar-refractivity contribution is -0.137. The average molecular weight is 288 g/mol. The van der Waals surface area contributed by atoms with Gasteiger partial charge in [0.25, 0.3) is 0 Å². The van der Waals surface area contributed by atoms with Crippen LogP contribution in [0.1, 0.15) is 17.9 Å². The van der Waals surface area contributed by atoms with Crippen molar-refractivity contribution < 1.29 is 9.53 Å². The van der Waals surface area contributed by atoms with Crippen molar-refractivity contribution in [2.24, 2.45) is 0 Å². The number of hydrogen-bond acceptors (Lipinski definition) is 2. The SMILES string of the molecule is O=C1C[C@H](c2ccc(I)cc2)CO1. The zero-order chi connectivity index (χ0) is 9.26. The maximum Gasteiger partial charge on any atom is 0.306 e. The molecule has 0 amide bonds. The number of carbonyl (C=O) groups is 1. The van der Waals surface area contributed by atoms with Crippen LogP contribution in [0, 0.1) is 3.57 Å². The summed E-state index contributed by atoms with van der Waals surface area (Å²) in [5.74, 6) is 0.188. The normalized spacial score (nSPS) is 21.6. The van der Waals surface area contributed by atoms with Crippen LogP contribution >= 0.6 is 22.6 Å². The fourth-order valence-corrected chi connectivity index (χ4v) is 1.82. The maximum absolute atomic E-state index is 10.9. The molecule has 0 saturated carbocycles. The van der Waals surface area contributed by atoms with Crippen LogP contribution in [0.25, 0.3) is 0 Å². The van der Waals surface area contributed by atoms with Gasteiger partial charge in [-0.05, 0) is 40.3 Å². The van der Waals surface area contributed by atoms with Gasteiger partial charge in [-0.1, -0.05) is 12.1 Å². The standard InChI is InChI=1S/C10H9IO2/c11-9-3-1-7(2-4-9)8-5-10(12)13-6-8/h1-4,8H,5-6H2/t8-/m0/s1. The van der Waals surface area contributed by atoms with Gasteiger partial charge in [0, 0.05) is 9.49 Å². The topological polar surface area (TPSA) is 26.3 Å². The molecule has 1 fully saturated rings. The van der Waals surface area contributed by atoms with E-state index in [0.717, 1.165) is 0 Å². The van der Waals surface area contributed by atoms with Gasteiger partial charge in [-0.25, -0.2) is 0 Å². The zero-order valence-electron chi connectivity index (χ0n) is 7.00. The van der Waals surface area contributed by atoms with E-state index in [1.54, 1.807) is 0 Å². The highest BCUT2D eigenvalue weighted by Crippen LogP contribution is 2.26. The van der Waals surface area contributed by atoms with Crippen molar-refractivity contribution in [2.75, 3.05) is 6.61 Å². The summed E-state index contributed by atoms with van der Waals surface area (Å²) in [5.41, 5.74) is 1.20. The van der Waals surface area contributed by atoms with Gasteiger partial charge < -0.3 is 4.74 Å². The van der Waals surface area contributed by atoms with Gasteiger partial charge in [-0.3, -0.25) is 4.79 Å². The Labute approximate surface area is 90.4 Å². The monoisotopic (exact) mass is 288 g/mol. The van der Waals surface area contributed by atoms with E-state index < -0.39 is 0 Å². The third kappa shape index (κ3) is 2.02. The lowest BCUT2D eigenvalue weighted by Gasteiger charge is -2.05. The first-order valence-electron chi connectivity index (χ1n) is 4.17. The van der Waals surface area contributed by atoms with Crippen molar-refractivity contribution in [1.29, 1.82) is 0 Å². The molecule has 1 saturated heterocycles. The molecule has 3 heteroatoms. The van der Waals surface area contributed by atoms with Gasteiger partial charge in [0.2, 0.25) is 0 Å². The highest BCUT2D eigenvalue weighted by molar-refractivity contribution is 14.1. The predicted molar refractivity (Wildman–Crippen MR) is 57.5 cm³/mol. The third-order valence-corrected chi connectivity index (χ3v) is 2.92. The Balaban J connectivity index is 2.17. The van der Waals surface area contributed by atoms with E-state index in [1.165, 1.54) is 9.13 Å². The minimum absolute atomic E-state index is 0.0800. The van der Waals surface area contributed by atoms with Crippen molar-refractivity contribution in [3.63, 3.8) is 0 Å². The highest BCUT2D eigenvalue weighted by atomic mass is 127. The Hall–Kier alpha value is -0.580. The number of esters is 1. The summed E-state index contributed by atoms with van der Waals surface area (Å²) in [6.45, 7) is 0.541. The van der Waals surface area contributed by atoms with E-state index in [0.29, 0.717) is 13.0 Å². The Morgan fingerprint density at radius 3 is 2.54 bits per heavy atom. The molecule has 2 nitrogen and oxygen atoms in total. The second-order valence-corrected chi connectivity index (χ2v) is 4.38. The van der Waals surface area contributed by atoms with Crippen LogP contribution in [0.2, 0.25) is 0 Å². The summed E-state index contributed by atoms with van der Waals surface area (Å²) >= 11 is 2.27. The lowest BCUT2D eigenvalue weighted by atomic mass is 9.99. The summed E-state index contributed by atoms with van der Waals surface area (Å²) in [6.07, 6.45) is 0.528. The van der Waals surface area contributed by atoms with E-state index in [1.807, 2.05) is 0 Å². The average Bonchev–Trinajstić information content (AvgIpc) is 2.53. The zero-order valence-corrected chi connectivity index (χ0v) is 9.15. The van der Waals surface area contributed by atoms with Crippen LogP contribution < -0.4 is 0 Å². The van der Waals surface area contributed by atoms with Crippen LogP contribution in [0.5, 0.6) is 0 Å². The summed E-state index contributed by atoms with van der Waals surface area (Å²) in [5, 5.41) is 0. The van der Waals surface area contributed by atoms with Gasteiger partial charge >= 0.3 is 5.97 Å². The van der Waals surface area contributed by atoms with Crippen molar-refractivity contribution in [2.45, 2.75) is 12.3 Å². The van der Waals surface area contributed by atoms with Crippen molar-refractivity contribution in [3.8, 4) is 0 Å². The van der Waals surface area contributed by atoms with E-state index >= 15 is 0 Å². The largest absolute Gasteiger partial charge is 0.465 e. The minimum atomic E-state index is -0.0800. The number of halogens is 1. The summed E-state index contributed by atoms with van der Waals surface area (Å²) < 4.78 is 6.12. The van der Waals surface area contributed by atoms with Crippen LogP contribution in [0.3, 0.4) is 0 Å². The Morgan fingerprint density at radius 1 is 1.31 bits per heavy atom. The highest BCUT2D eigenvalue weighted by Gasteiger charge is 2.24. The molecule has 1 aromatic carbocycles. The quantitative estimate of drug-likeness (QED) is 0.585. The molecule has 0 radical (unpaired) electrons. The first-order valence-corrected chi connectivity index (χ1v) is 5.24. The molecule has 0 aromatic heterocycles. The molecule has 1 atom stereocenters. The van der Waals surface area contributed by atoms with Crippen molar-refractivity contribution >= 4 is 28.6 Å². The molecule has 1 aromatic rings. The summed E-state index contributed by atoms with van der Waals surface area (Å²) in [6, 6.07) is 8.24. The number of rotatable bonds is 1.